The summed E-state index contributed by atoms with van der Waals surface area (Å²) in [5.41, 5.74) is 2.02. The number of benzene rings is 1. The van der Waals surface area contributed by atoms with E-state index in [0.29, 0.717) is 5.75 Å². The van der Waals surface area contributed by atoms with Crippen molar-refractivity contribution in [3.63, 3.8) is 0 Å². The van der Waals surface area contributed by atoms with Gasteiger partial charge in [-0.1, -0.05) is 36.9 Å². The first-order valence-corrected chi connectivity index (χ1v) is 5.46. The fourth-order valence-corrected chi connectivity index (χ4v) is 1.66. The van der Waals surface area contributed by atoms with E-state index in [1.165, 1.54) is 0 Å². The fraction of sp³-hybridized carbons (Fsp3) is 0.200. The van der Waals surface area contributed by atoms with Crippen LogP contribution < -0.4 is 0 Å². The van der Waals surface area contributed by atoms with E-state index >= 15 is 0 Å². The monoisotopic (exact) mass is 180 g/mol. The van der Waals surface area contributed by atoms with Crippen molar-refractivity contribution in [2.45, 2.75) is 0 Å². The summed E-state index contributed by atoms with van der Waals surface area (Å²) in [5.74, 6) is 0.560. The molecule has 0 fully saturated rings. The van der Waals surface area contributed by atoms with Crippen molar-refractivity contribution in [3.8, 4) is 0 Å². The summed E-state index contributed by atoms with van der Waals surface area (Å²) < 4.78 is 10.9. The summed E-state index contributed by atoms with van der Waals surface area (Å²) in [6.45, 7) is 3.87. The molecule has 64 valence electrons. The van der Waals surface area contributed by atoms with Gasteiger partial charge in [0.15, 0.2) is 0 Å². The van der Waals surface area contributed by atoms with Crippen molar-refractivity contribution in [1.82, 2.24) is 0 Å². The third-order valence-corrected chi connectivity index (χ3v) is 2.31. The summed E-state index contributed by atoms with van der Waals surface area (Å²) in [5, 5.41) is 0. The largest absolute Gasteiger partial charge is 0.260 e. The van der Waals surface area contributed by atoms with Crippen molar-refractivity contribution in [2.24, 2.45) is 0 Å². The van der Waals surface area contributed by atoms with E-state index in [4.69, 9.17) is 0 Å². The van der Waals surface area contributed by atoms with Crippen LogP contribution in [-0.4, -0.2) is 16.2 Å². The van der Waals surface area contributed by atoms with Crippen LogP contribution in [0.1, 0.15) is 5.56 Å². The normalized spacial score (nSPS) is 12.4. The zero-order chi connectivity index (χ0) is 8.97. The molecule has 0 aromatic heterocycles. The molecule has 0 spiro atoms. The Kier molecular flexibility index (Phi) is 3.23. The Labute approximate surface area is 75.6 Å². The van der Waals surface area contributed by atoms with Gasteiger partial charge >= 0.3 is 0 Å². The Balaban J connectivity index is 2.73. The Bertz CT molecular complexity index is 290. The van der Waals surface area contributed by atoms with Crippen LogP contribution in [0.5, 0.6) is 0 Å². The van der Waals surface area contributed by atoms with Gasteiger partial charge in [0, 0.05) is 22.8 Å². The lowest BCUT2D eigenvalue weighted by atomic mass is 10.1. The fourth-order valence-electron chi connectivity index (χ4n) is 1.00. The van der Waals surface area contributed by atoms with Crippen LogP contribution in [0.15, 0.2) is 36.9 Å². The van der Waals surface area contributed by atoms with Gasteiger partial charge in [-0.3, -0.25) is 4.21 Å². The minimum Gasteiger partial charge on any atom is -0.260 e. The minimum absolute atomic E-state index is 0.560. The van der Waals surface area contributed by atoms with Crippen LogP contribution in [0, 0.1) is 0 Å². The van der Waals surface area contributed by atoms with Gasteiger partial charge in [-0.05, 0) is 11.1 Å². The topological polar surface area (TPSA) is 17.1 Å². The number of hydrogen-bond acceptors (Lipinski definition) is 1. The average molecular weight is 180 g/mol. The lowest BCUT2D eigenvalue weighted by Crippen LogP contribution is -1.96. The Morgan fingerprint density at radius 1 is 1.42 bits per heavy atom. The molecule has 12 heavy (non-hydrogen) atoms. The molecule has 0 saturated heterocycles. The Hall–Kier alpha value is -0.890. The SMILES string of the molecule is C=C(CS(C)=O)c1ccccc1. The lowest BCUT2D eigenvalue weighted by molar-refractivity contribution is 0.689. The zero-order valence-electron chi connectivity index (χ0n) is 7.12. The highest BCUT2D eigenvalue weighted by Crippen LogP contribution is 2.11. The molecule has 0 saturated carbocycles. The molecule has 0 aliphatic carbocycles. The first-order valence-electron chi connectivity index (χ1n) is 3.73. The predicted octanol–water partition coefficient (Wildman–Crippen LogP) is 2.08. The van der Waals surface area contributed by atoms with Gasteiger partial charge in [-0.2, -0.15) is 0 Å². The molecule has 2 heteroatoms. The molecule has 0 bridgehead atoms. The molecule has 1 aromatic carbocycles. The van der Waals surface area contributed by atoms with E-state index in [0.717, 1.165) is 11.1 Å². The summed E-state index contributed by atoms with van der Waals surface area (Å²) >= 11 is 0. The number of hydrogen-bond donors (Lipinski definition) is 0. The van der Waals surface area contributed by atoms with E-state index < -0.39 is 10.8 Å². The third-order valence-electron chi connectivity index (χ3n) is 1.56. The van der Waals surface area contributed by atoms with Gasteiger partial charge in [0.05, 0.1) is 0 Å². The predicted molar refractivity (Wildman–Crippen MR) is 54.4 cm³/mol. The summed E-state index contributed by atoms with van der Waals surface area (Å²) in [6, 6.07) is 9.84. The molecular weight excluding hydrogens is 168 g/mol. The quantitative estimate of drug-likeness (QED) is 0.696. The second-order valence-corrected chi connectivity index (χ2v) is 4.12. The molecule has 0 N–H and O–H groups in total. The molecule has 0 amide bonds. The van der Waals surface area contributed by atoms with Crippen LogP contribution in [0.4, 0.5) is 0 Å². The van der Waals surface area contributed by atoms with Crippen LogP contribution in [0.25, 0.3) is 5.57 Å². The second kappa shape index (κ2) is 4.21. The van der Waals surface area contributed by atoms with Gasteiger partial charge in [0.2, 0.25) is 0 Å². The molecule has 0 radical (unpaired) electrons. The highest BCUT2D eigenvalue weighted by molar-refractivity contribution is 7.84. The highest BCUT2D eigenvalue weighted by Gasteiger charge is 1.98. The van der Waals surface area contributed by atoms with Crippen LogP contribution in [0.3, 0.4) is 0 Å². The molecule has 1 unspecified atom stereocenters. The molecule has 1 nitrogen and oxygen atoms in total. The van der Waals surface area contributed by atoms with E-state index in [2.05, 4.69) is 6.58 Å². The van der Waals surface area contributed by atoms with Gasteiger partial charge in [-0.15, -0.1) is 0 Å². The van der Waals surface area contributed by atoms with Crippen molar-refractivity contribution < 1.29 is 4.21 Å². The smallest absolute Gasteiger partial charge is 0.0482 e. The van der Waals surface area contributed by atoms with Crippen LogP contribution >= 0.6 is 0 Å². The molecule has 1 atom stereocenters. The maximum absolute atomic E-state index is 10.9. The third kappa shape index (κ3) is 2.62. The summed E-state index contributed by atoms with van der Waals surface area (Å²) in [7, 11) is -0.796. The van der Waals surface area contributed by atoms with E-state index in [9.17, 15) is 4.21 Å². The first-order chi connectivity index (χ1) is 5.70. The standard InChI is InChI=1S/C10H12OS/c1-9(8-12(2)11)10-6-4-3-5-7-10/h3-7H,1,8H2,2H3. The first kappa shape index (κ1) is 9.20. The highest BCUT2D eigenvalue weighted by atomic mass is 32.2. The minimum atomic E-state index is -0.796. The van der Waals surface area contributed by atoms with E-state index in [-0.39, 0.29) is 0 Å². The molecular formula is C10H12OS. The van der Waals surface area contributed by atoms with Gasteiger partial charge in [-0.25, -0.2) is 0 Å². The van der Waals surface area contributed by atoms with Crippen molar-refractivity contribution in [1.29, 1.82) is 0 Å². The zero-order valence-corrected chi connectivity index (χ0v) is 7.93. The van der Waals surface area contributed by atoms with Crippen LogP contribution in [0.2, 0.25) is 0 Å². The lowest BCUT2D eigenvalue weighted by Gasteiger charge is -2.02. The van der Waals surface area contributed by atoms with Crippen molar-refractivity contribution in [3.05, 3.63) is 42.5 Å². The maximum atomic E-state index is 10.9. The van der Waals surface area contributed by atoms with E-state index in [1.807, 2.05) is 30.3 Å². The Morgan fingerprint density at radius 3 is 2.50 bits per heavy atom. The maximum Gasteiger partial charge on any atom is 0.0482 e. The van der Waals surface area contributed by atoms with Crippen LogP contribution in [-0.2, 0) is 10.8 Å². The van der Waals surface area contributed by atoms with Crippen molar-refractivity contribution >= 4 is 16.4 Å². The summed E-state index contributed by atoms with van der Waals surface area (Å²) in [6.07, 6.45) is 1.69. The van der Waals surface area contributed by atoms with Gasteiger partial charge < -0.3 is 0 Å². The van der Waals surface area contributed by atoms with Gasteiger partial charge in [0.1, 0.15) is 0 Å². The summed E-state index contributed by atoms with van der Waals surface area (Å²) in [4.78, 5) is 0. The molecule has 1 aromatic rings. The second-order valence-electron chi connectivity index (χ2n) is 2.69. The Morgan fingerprint density at radius 2 is 2.00 bits per heavy atom. The van der Waals surface area contributed by atoms with Gasteiger partial charge in [0.25, 0.3) is 0 Å². The molecule has 0 aliphatic rings. The average Bonchev–Trinajstić information content (AvgIpc) is 2.05. The van der Waals surface area contributed by atoms with Crippen molar-refractivity contribution in [2.75, 3.05) is 12.0 Å². The number of rotatable bonds is 3. The molecule has 1 rings (SSSR count). The molecule has 0 heterocycles. The molecule has 0 aliphatic heterocycles. The van der Waals surface area contributed by atoms with E-state index in [1.54, 1.807) is 6.26 Å².